The van der Waals surface area contributed by atoms with Gasteiger partial charge in [0.15, 0.2) is 0 Å². The highest BCUT2D eigenvalue weighted by molar-refractivity contribution is 8.01. The van der Waals surface area contributed by atoms with Crippen molar-refractivity contribution >= 4 is 29.5 Å². The van der Waals surface area contributed by atoms with Gasteiger partial charge in [0.05, 0.1) is 4.87 Å². The molecule has 2 aliphatic rings. The molecule has 1 spiro atoms. The molecule has 3 nitrogen and oxygen atoms in total. The SMILES string of the molecule is O=C(O)[C@@H]1CSC2(CCSCC2)N1. The van der Waals surface area contributed by atoms with Gasteiger partial charge in [-0.2, -0.15) is 11.8 Å². The van der Waals surface area contributed by atoms with Gasteiger partial charge in [-0.05, 0) is 24.3 Å². The van der Waals surface area contributed by atoms with Gasteiger partial charge in [0.25, 0.3) is 0 Å². The van der Waals surface area contributed by atoms with Crippen molar-refractivity contribution in [2.45, 2.75) is 23.8 Å². The van der Waals surface area contributed by atoms with Crippen molar-refractivity contribution in [2.24, 2.45) is 0 Å². The first-order valence-corrected chi connectivity index (χ1v) is 6.58. The van der Waals surface area contributed by atoms with E-state index in [4.69, 9.17) is 5.11 Å². The van der Waals surface area contributed by atoms with Crippen LogP contribution in [-0.4, -0.2) is 39.2 Å². The first-order chi connectivity index (χ1) is 6.22. The van der Waals surface area contributed by atoms with Crippen LogP contribution in [0.1, 0.15) is 12.8 Å². The summed E-state index contributed by atoms with van der Waals surface area (Å²) in [6.45, 7) is 0. The molecule has 2 aliphatic heterocycles. The van der Waals surface area contributed by atoms with Gasteiger partial charge >= 0.3 is 5.97 Å². The van der Waals surface area contributed by atoms with E-state index in [-0.39, 0.29) is 10.9 Å². The molecule has 0 bridgehead atoms. The van der Waals surface area contributed by atoms with Crippen LogP contribution in [0.4, 0.5) is 0 Å². The third kappa shape index (κ3) is 1.97. The van der Waals surface area contributed by atoms with Crippen LogP contribution >= 0.6 is 23.5 Å². The standard InChI is InChI=1S/C8H13NO2S2/c10-7(11)6-5-13-8(9-6)1-3-12-4-2-8/h6,9H,1-5H2,(H,10,11)/t6-/m0/s1. The summed E-state index contributed by atoms with van der Waals surface area (Å²) in [5.41, 5.74) is 0. The number of carbonyl (C=O) groups is 1. The molecule has 0 saturated carbocycles. The monoisotopic (exact) mass is 219 g/mol. The predicted molar refractivity (Wildman–Crippen MR) is 56.3 cm³/mol. The van der Waals surface area contributed by atoms with Crippen molar-refractivity contribution in [1.82, 2.24) is 5.32 Å². The molecular weight excluding hydrogens is 206 g/mol. The van der Waals surface area contributed by atoms with Crippen LogP contribution in [0.3, 0.4) is 0 Å². The molecule has 0 unspecified atom stereocenters. The van der Waals surface area contributed by atoms with Gasteiger partial charge in [0, 0.05) is 5.75 Å². The molecule has 2 heterocycles. The Morgan fingerprint density at radius 3 is 2.69 bits per heavy atom. The number of thioether (sulfide) groups is 2. The number of carboxylic acid groups (broad SMARTS) is 1. The predicted octanol–water partition coefficient (Wildman–Crippen LogP) is 0.999. The lowest BCUT2D eigenvalue weighted by molar-refractivity contribution is -0.138. The number of hydrogen-bond acceptors (Lipinski definition) is 4. The smallest absolute Gasteiger partial charge is 0.321 e. The summed E-state index contributed by atoms with van der Waals surface area (Å²) in [5, 5.41) is 12.1. The van der Waals surface area contributed by atoms with E-state index in [0.717, 1.165) is 30.1 Å². The van der Waals surface area contributed by atoms with E-state index < -0.39 is 5.97 Å². The molecule has 2 fully saturated rings. The molecule has 2 saturated heterocycles. The maximum absolute atomic E-state index is 10.7. The molecule has 0 aromatic heterocycles. The Morgan fingerprint density at radius 1 is 1.46 bits per heavy atom. The summed E-state index contributed by atoms with van der Waals surface area (Å²) in [4.78, 5) is 10.8. The highest BCUT2D eigenvalue weighted by Gasteiger charge is 2.42. The number of hydrogen-bond donors (Lipinski definition) is 2. The molecule has 13 heavy (non-hydrogen) atoms. The Kier molecular flexibility index (Phi) is 2.76. The molecule has 0 aromatic rings. The maximum Gasteiger partial charge on any atom is 0.321 e. The first-order valence-electron chi connectivity index (χ1n) is 4.44. The van der Waals surface area contributed by atoms with Gasteiger partial charge in [-0.3, -0.25) is 10.1 Å². The zero-order chi connectivity index (χ0) is 9.31. The topological polar surface area (TPSA) is 49.3 Å². The van der Waals surface area contributed by atoms with Gasteiger partial charge < -0.3 is 5.11 Å². The van der Waals surface area contributed by atoms with Gasteiger partial charge in [0.1, 0.15) is 6.04 Å². The average molecular weight is 219 g/mol. The summed E-state index contributed by atoms with van der Waals surface area (Å²) in [7, 11) is 0. The Hall–Kier alpha value is 0.130. The molecule has 5 heteroatoms. The Morgan fingerprint density at radius 2 is 2.15 bits per heavy atom. The van der Waals surface area contributed by atoms with E-state index >= 15 is 0 Å². The highest BCUT2D eigenvalue weighted by atomic mass is 32.2. The number of carboxylic acids is 1. The van der Waals surface area contributed by atoms with Crippen molar-refractivity contribution in [2.75, 3.05) is 17.3 Å². The molecule has 74 valence electrons. The molecule has 0 amide bonds. The van der Waals surface area contributed by atoms with Crippen LogP contribution in [0.2, 0.25) is 0 Å². The largest absolute Gasteiger partial charge is 0.480 e. The van der Waals surface area contributed by atoms with E-state index in [2.05, 4.69) is 5.32 Å². The van der Waals surface area contributed by atoms with Crippen molar-refractivity contribution in [3.63, 3.8) is 0 Å². The van der Waals surface area contributed by atoms with Crippen molar-refractivity contribution in [1.29, 1.82) is 0 Å². The van der Waals surface area contributed by atoms with Crippen molar-refractivity contribution < 1.29 is 9.90 Å². The van der Waals surface area contributed by atoms with Gasteiger partial charge in [0.2, 0.25) is 0 Å². The van der Waals surface area contributed by atoms with E-state index in [1.54, 1.807) is 11.8 Å². The quantitative estimate of drug-likeness (QED) is 0.689. The van der Waals surface area contributed by atoms with Crippen molar-refractivity contribution in [3.05, 3.63) is 0 Å². The zero-order valence-electron chi connectivity index (χ0n) is 7.28. The summed E-state index contributed by atoms with van der Waals surface area (Å²) in [5.74, 6) is 2.33. The minimum absolute atomic E-state index is 0.0916. The summed E-state index contributed by atoms with van der Waals surface area (Å²) >= 11 is 3.76. The highest BCUT2D eigenvalue weighted by Crippen LogP contribution is 2.41. The molecular formula is C8H13NO2S2. The third-order valence-corrected chi connectivity index (χ3v) is 5.13. The summed E-state index contributed by atoms with van der Waals surface area (Å²) < 4.78 is 0. The van der Waals surface area contributed by atoms with Gasteiger partial charge in [-0.1, -0.05) is 0 Å². The minimum Gasteiger partial charge on any atom is -0.480 e. The second-order valence-electron chi connectivity index (χ2n) is 3.45. The zero-order valence-corrected chi connectivity index (χ0v) is 8.92. The molecule has 2 N–H and O–H groups in total. The third-order valence-electron chi connectivity index (χ3n) is 2.56. The van der Waals surface area contributed by atoms with E-state index in [1.165, 1.54) is 0 Å². The average Bonchev–Trinajstić information content (AvgIpc) is 2.51. The second kappa shape index (κ2) is 3.71. The molecule has 0 aliphatic carbocycles. The molecule has 0 aromatic carbocycles. The fourth-order valence-corrected chi connectivity index (χ4v) is 4.64. The maximum atomic E-state index is 10.7. The normalized spacial score (nSPS) is 32.2. The lowest BCUT2D eigenvalue weighted by Crippen LogP contribution is -2.47. The van der Waals surface area contributed by atoms with E-state index in [1.807, 2.05) is 11.8 Å². The number of aliphatic carboxylic acids is 1. The van der Waals surface area contributed by atoms with Crippen LogP contribution in [0.25, 0.3) is 0 Å². The van der Waals surface area contributed by atoms with Crippen LogP contribution in [0.5, 0.6) is 0 Å². The summed E-state index contributed by atoms with van der Waals surface area (Å²) in [6, 6.07) is -0.326. The van der Waals surface area contributed by atoms with Crippen LogP contribution in [-0.2, 0) is 4.79 Å². The lowest BCUT2D eigenvalue weighted by atomic mass is 10.1. The second-order valence-corrected chi connectivity index (χ2v) is 6.08. The molecule has 2 rings (SSSR count). The Bertz CT molecular complexity index is 216. The van der Waals surface area contributed by atoms with E-state index in [9.17, 15) is 4.79 Å². The molecule has 1 atom stereocenters. The Labute approximate surface area is 86.0 Å². The van der Waals surface area contributed by atoms with Crippen LogP contribution in [0.15, 0.2) is 0 Å². The molecule has 0 radical (unpaired) electrons. The summed E-state index contributed by atoms with van der Waals surface area (Å²) in [6.07, 6.45) is 2.21. The van der Waals surface area contributed by atoms with E-state index in [0.29, 0.717) is 0 Å². The lowest BCUT2D eigenvalue weighted by Gasteiger charge is -2.32. The fourth-order valence-electron chi connectivity index (χ4n) is 1.77. The number of nitrogens with one attached hydrogen (secondary N) is 1. The van der Waals surface area contributed by atoms with Crippen LogP contribution in [0, 0.1) is 0 Å². The van der Waals surface area contributed by atoms with Gasteiger partial charge in [-0.15, -0.1) is 11.8 Å². The van der Waals surface area contributed by atoms with Crippen molar-refractivity contribution in [3.8, 4) is 0 Å². The minimum atomic E-state index is -0.706. The number of rotatable bonds is 1. The van der Waals surface area contributed by atoms with Gasteiger partial charge in [-0.25, -0.2) is 0 Å². The fraction of sp³-hybridized carbons (Fsp3) is 0.875. The first kappa shape index (κ1) is 9.68. The Balaban J connectivity index is 1.98. The van der Waals surface area contributed by atoms with Crippen LogP contribution < -0.4 is 5.32 Å².